The molecule has 1 rings (SSSR count). The molecule has 1 aliphatic rings. The third-order valence-electron chi connectivity index (χ3n) is 5.37. The zero-order valence-electron chi connectivity index (χ0n) is 18.8. The van der Waals surface area contributed by atoms with Crippen LogP contribution in [0.4, 0.5) is 119 Å². The molecular weight excluding hydrogens is 725 g/mol. The van der Waals surface area contributed by atoms with Gasteiger partial charge in [-0.05, 0) is 0 Å². The molecule has 29 heteroatoms. The zero-order valence-corrected chi connectivity index (χ0v) is 18.8. The molecule has 0 aliphatic carbocycles. The molecular formula is C15H3F27O2. The largest absolute Gasteiger partial charge is 0.423 e. The van der Waals surface area contributed by atoms with E-state index in [1.165, 1.54) is 0 Å². The predicted octanol–water partition coefficient (Wildman–Crippen LogP) is 8.50. The highest BCUT2D eigenvalue weighted by Gasteiger charge is 2.97. The minimum atomic E-state index is -9.08. The van der Waals surface area contributed by atoms with E-state index in [0.29, 0.717) is 0 Å². The predicted molar refractivity (Wildman–Crippen MR) is 76.2 cm³/mol. The molecule has 0 N–H and O–H groups in total. The Bertz CT molecular complexity index is 1060. The van der Waals surface area contributed by atoms with Crippen LogP contribution in [0.2, 0.25) is 0 Å². The van der Waals surface area contributed by atoms with E-state index in [1.54, 1.807) is 0 Å². The van der Waals surface area contributed by atoms with Gasteiger partial charge in [-0.25, -0.2) is 17.6 Å². The van der Waals surface area contributed by atoms with Crippen molar-refractivity contribution in [1.82, 2.24) is 0 Å². The Hall–Kier alpha value is -1.97. The smallest absolute Gasteiger partial charge is 0.297 e. The van der Waals surface area contributed by atoms with Gasteiger partial charge in [0.25, 0.3) is 0 Å². The van der Waals surface area contributed by atoms with Gasteiger partial charge in [0.05, 0.1) is 0 Å². The summed E-state index contributed by atoms with van der Waals surface area (Å²) in [5.74, 6) is -93.7. The summed E-state index contributed by atoms with van der Waals surface area (Å²) in [7, 11) is 0. The van der Waals surface area contributed by atoms with Crippen molar-refractivity contribution >= 4 is 0 Å². The number of alkyl halides is 27. The zero-order chi connectivity index (χ0) is 36.1. The van der Waals surface area contributed by atoms with Crippen molar-refractivity contribution in [2.45, 2.75) is 90.3 Å². The molecule has 2 nitrogen and oxygen atoms in total. The summed E-state index contributed by atoms with van der Waals surface area (Å²) in [5.41, 5.74) is 0. The van der Waals surface area contributed by atoms with Gasteiger partial charge in [-0.1, -0.05) is 0 Å². The highest BCUT2D eigenvalue weighted by atomic mass is 19.4. The molecule has 0 saturated carbocycles. The first-order valence-electron chi connectivity index (χ1n) is 9.47. The summed E-state index contributed by atoms with van der Waals surface area (Å²) >= 11 is 0. The van der Waals surface area contributed by atoms with Gasteiger partial charge in [0.2, 0.25) is 6.29 Å². The van der Waals surface area contributed by atoms with Crippen LogP contribution in [0.5, 0.6) is 0 Å². The fraction of sp³-hybridized carbons (Fsp3) is 1.00. The average Bonchev–Trinajstić information content (AvgIpc) is 3.08. The van der Waals surface area contributed by atoms with Crippen LogP contribution >= 0.6 is 0 Å². The lowest BCUT2D eigenvalue weighted by molar-refractivity contribution is -0.461. The maximum Gasteiger partial charge on any atom is 0.423 e. The van der Waals surface area contributed by atoms with Crippen LogP contribution in [0.25, 0.3) is 0 Å². The van der Waals surface area contributed by atoms with Crippen molar-refractivity contribution in [3.05, 3.63) is 0 Å². The topological polar surface area (TPSA) is 18.5 Å². The van der Waals surface area contributed by atoms with Crippen LogP contribution in [0, 0.1) is 0 Å². The Labute approximate surface area is 220 Å². The Morgan fingerprint density at radius 3 is 1.00 bits per heavy atom. The van der Waals surface area contributed by atoms with E-state index < -0.39 is 90.3 Å². The standard InChI is InChI=1S/C15H3F27O2/c16-1(17)4(20,21)7(26,27)10(32,33)9(30,31)6(24,25)3-43-14(40,15(41,42)44-3)13(38,39)12(36,37)11(34,35)8(28,29)5(22,23)2(18)19/h1-3H. The number of hydrogen-bond donors (Lipinski definition) is 0. The molecule has 0 bridgehead atoms. The fourth-order valence-corrected chi connectivity index (χ4v) is 2.70. The van der Waals surface area contributed by atoms with Gasteiger partial charge < -0.3 is 0 Å². The quantitative estimate of drug-likeness (QED) is 0.188. The number of rotatable bonds is 12. The second-order valence-corrected chi connectivity index (χ2v) is 8.17. The third kappa shape index (κ3) is 4.53. The number of halogens is 27. The second kappa shape index (κ2) is 10.0. The van der Waals surface area contributed by atoms with Gasteiger partial charge in [-0.2, -0.15) is 101 Å². The molecule has 0 radical (unpaired) electrons. The van der Waals surface area contributed by atoms with Crippen LogP contribution in [0.1, 0.15) is 0 Å². The van der Waals surface area contributed by atoms with Gasteiger partial charge in [-0.3, -0.25) is 9.47 Å². The molecule has 1 aliphatic heterocycles. The molecule has 1 saturated heterocycles. The van der Waals surface area contributed by atoms with E-state index in [-0.39, 0.29) is 0 Å². The first kappa shape index (κ1) is 40.1. The van der Waals surface area contributed by atoms with Crippen LogP contribution in [-0.4, -0.2) is 90.3 Å². The fourth-order valence-electron chi connectivity index (χ4n) is 2.70. The number of ether oxygens (including phenoxy) is 2. The molecule has 44 heavy (non-hydrogen) atoms. The van der Waals surface area contributed by atoms with Crippen molar-refractivity contribution in [2.24, 2.45) is 0 Å². The lowest BCUT2D eigenvalue weighted by Gasteiger charge is -2.42. The molecule has 264 valence electrons. The van der Waals surface area contributed by atoms with Crippen molar-refractivity contribution in [1.29, 1.82) is 0 Å². The summed E-state index contributed by atoms with van der Waals surface area (Å²) in [6.07, 6.45) is -26.5. The normalized spacial score (nSPS) is 24.1. The molecule has 0 aromatic rings. The van der Waals surface area contributed by atoms with Crippen LogP contribution in [0.3, 0.4) is 0 Å². The van der Waals surface area contributed by atoms with Crippen LogP contribution in [-0.2, 0) is 9.47 Å². The maximum atomic E-state index is 14.4. The average molecular weight is 728 g/mol. The summed E-state index contributed by atoms with van der Waals surface area (Å²) in [4.78, 5) is 0. The number of hydrogen-bond acceptors (Lipinski definition) is 2. The molecule has 0 aromatic heterocycles. The SMILES string of the molecule is FC(F)C(F)(F)C(F)(F)C(F)(F)C(F)(F)C(F)(F)C1OC(F)(F)C(F)(C(F)(F)C(F)(F)C(F)(F)C(F)(F)C(F)(F)C(F)F)O1. The van der Waals surface area contributed by atoms with E-state index in [9.17, 15) is 119 Å². The van der Waals surface area contributed by atoms with Crippen molar-refractivity contribution in [2.75, 3.05) is 0 Å². The second-order valence-electron chi connectivity index (χ2n) is 8.17. The molecule has 2 unspecified atom stereocenters. The minimum Gasteiger partial charge on any atom is -0.297 e. The van der Waals surface area contributed by atoms with Crippen LogP contribution in [0.15, 0.2) is 0 Å². The van der Waals surface area contributed by atoms with Crippen molar-refractivity contribution in [3.63, 3.8) is 0 Å². The van der Waals surface area contributed by atoms with E-state index in [4.69, 9.17) is 0 Å². The molecule has 2 atom stereocenters. The van der Waals surface area contributed by atoms with Crippen molar-refractivity contribution < 1.29 is 128 Å². The Balaban J connectivity index is 3.82. The first-order chi connectivity index (χ1) is 18.7. The van der Waals surface area contributed by atoms with Gasteiger partial charge in [-0.15, -0.1) is 0 Å². The van der Waals surface area contributed by atoms with Crippen LogP contribution < -0.4 is 0 Å². The minimum absolute atomic E-state index is 1.82. The highest BCUT2D eigenvalue weighted by molar-refractivity contribution is 5.16. The van der Waals surface area contributed by atoms with Gasteiger partial charge in [0.1, 0.15) is 0 Å². The molecule has 0 spiro atoms. The van der Waals surface area contributed by atoms with Crippen molar-refractivity contribution in [3.8, 4) is 0 Å². The van der Waals surface area contributed by atoms with Gasteiger partial charge >= 0.3 is 84.0 Å². The maximum absolute atomic E-state index is 14.4. The van der Waals surface area contributed by atoms with Gasteiger partial charge in [0.15, 0.2) is 0 Å². The Kier molecular flexibility index (Phi) is 9.12. The molecule has 1 heterocycles. The molecule has 1 fully saturated rings. The van der Waals surface area contributed by atoms with E-state index in [2.05, 4.69) is 0 Å². The summed E-state index contributed by atoms with van der Waals surface area (Å²) < 4.78 is 362. The summed E-state index contributed by atoms with van der Waals surface area (Å²) in [5, 5.41) is 0. The highest BCUT2D eigenvalue weighted by Crippen LogP contribution is 2.66. The summed E-state index contributed by atoms with van der Waals surface area (Å²) in [6.45, 7) is 0. The van der Waals surface area contributed by atoms with Gasteiger partial charge in [0, 0.05) is 0 Å². The third-order valence-corrected chi connectivity index (χ3v) is 5.37. The molecule has 0 aromatic carbocycles. The first-order valence-corrected chi connectivity index (χ1v) is 9.47. The Morgan fingerprint density at radius 1 is 0.409 bits per heavy atom. The molecule has 0 amide bonds. The monoisotopic (exact) mass is 728 g/mol. The summed E-state index contributed by atoms with van der Waals surface area (Å²) in [6, 6.07) is 0. The van der Waals surface area contributed by atoms with E-state index in [0.717, 1.165) is 0 Å². The van der Waals surface area contributed by atoms with E-state index >= 15 is 0 Å². The lowest BCUT2D eigenvalue weighted by Crippen LogP contribution is -2.74. The lowest BCUT2D eigenvalue weighted by atomic mass is 9.90. The van der Waals surface area contributed by atoms with E-state index in [1.807, 2.05) is 9.47 Å². The Morgan fingerprint density at radius 2 is 0.705 bits per heavy atom.